The maximum atomic E-state index is 12.5. The molecule has 0 saturated carbocycles. The Balaban J connectivity index is 0.00000196. The summed E-state index contributed by atoms with van der Waals surface area (Å²) < 4.78 is 6.99. The number of aromatic nitrogens is 1. The Morgan fingerprint density at radius 2 is 2.00 bits per heavy atom. The minimum absolute atomic E-state index is 0. The van der Waals surface area contributed by atoms with Crippen molar-refractivity contribution >= 4 is 34.8 Å². The molecule has 2 aromatic rings. The molecule has 1 amide bonds. The van der Waals surface area contributed by atoms with Gasteiger partial charge in [-0.3, -0.25) is 5.32 Å². The van der Waals surface area contributed by atoms with Gasteiger partial charge in [0.25, 0.3) is 0 Å². The number of amides is 1. The van der Waals surface area contributed by atoms with Gasteiger partial charge in [0, 0.05) is 24.3 Å². The summed E-state index contributed by atoms with van der Waals surface area (Å²) in [6.07, 6.45) is 2.41. The van der Waals surface area contributed by atoms with Crippen molar-refractivity contribution in [3.8, 4) is 10.4 Å². The van der Waals surface area contributed by atoms with Gasteiger partial charge in [0.05, 0.1) is 37.1 Å². The standard InChI is InChI=1S/C18H20ClN3O2S.HI/c1-22-8-5-18(6-9-22,7-10-22)24-17(23)21-16-15(25-12-20-16)13-3-2-4-14(19)11-13;/h2-4,11-12H,5-10H2,1H3;1H. The first-order valence-electron chi connectivity index (χ1n) is 8.50. The van der Waals surface area contributed by atoms with E-state index in [9.17, 15) is 4.79 Å². The number of ether oxygens (including phenoxy) is 1. The number of benzene rings is 1. The fourth-order valence-corrected chi connectivity index (χ4v) is 4.71. The van der Waals surface area contributed by atoms with Crippen molar-refractivity contribution in [3.05, 3.63) is 34.8 Å². The molecule has 0 aliphatic carbocycles. The average Bonchev–Trinajstić information content (AvgIpc) is 3.04. The lowest BCUT2D eigenvalue weighted by atomic mass is 9.81. The fraction of sp³-hybridized carbons (Fsp3) is 0.444. The van der Waals surface area contributed by atoms with Crippen molar-refractivity contribution in [2.45, 2.75) is 24.9 Å². The molecule has 0 unspecified atom stereocenters. The summed E-state index contributed by atoms with van der Waals surface area (Å²) in [6.45, 7) is 3.24. The zero-order chi connectivity index (χ0) is 17.5. The molecule has 1 aromatic carbocycles. The number of hydrogen-bond acceptors (Lipinski definition) is 4. The molecule has 26 heavy (non-hydrogen) atoms. The van der Waals surface area contributed by atoms with Crippen LogP contribution in [0.1, 0.15) is 19.3 Å². The Morgan fingerprint density at radius 3 is 2.65 bits per heavy atom. The fourth-order valence-electron chi connectivity index (χ4n) is 3.77. The van der Waals surface area contributed by atoms with Crippen LogP contribution in [0.2, 0.25) is 5.02 Å². The average molecular weight is 506 g/mol. The number of quaternary nitrogens is 1. The second-order valence-corrected chi connectivity index (χ2v) is 8.57. The third-order valence-corrected chi connectivity index (χ3v) is 6.62. The molecule has 0 atom stereocenters. The van der Waals surface area contributed by atoms with Gasteiger partial charge in [-0.05, 0) is 17.7 Å². The van der Waals surface area contributed by atoms with Crippen molar-refractivity contribution in [1.82, 2.24) is 4.98 Å². The van der Waals surface area contributed by atoms with Gasteiger partial charge in [0.15, 0.2) is 5.82 Å². The quantitative estimate of drug-likeness (QED) is 0.507. The number of halogens is 2. The summed E-state index contributed by atoms with van der Waals surface area (Å²) in [5.41, 5.74) is 2.35. The molecule has 1 N–H and O–H groups in total. The van der Waals surface area contributed by atoms with E-state index in [1.807, 2.05) is 24.3 Å². The van der Waals surface area contributed by atoms with Crippen molar-refractivity contribution < 1.29 is 38.0 Å². The van der Waals surface area contributed by atoms with Gasteiger partial charge in [-0.25, -0.2) is 9.78 Å². The number of fused-ring (bicyclic) bond motifs is 3. The molecule has 140 valence electrons. The maximum Gasteiger partial charge on any atom is 0.413 e. The summed E-state index contributed by atoms with van der Waals surface area (Å²) in [7, 11) is 2.29. The van der Waals surface area contributed by atoms with E-state index in [4.69, 9.17) is 16.3 Å². The first-order valence-corrected chi connectivity index (χ1v) is 9.76. The first-order chi connectivity index (χ1) is 12.0. The molecule has 5 rings (SSSR count). The highest BCUT2D eigenvalue weighted by atomic mass is 127. The first kappa shape index (κ1) is 19.9. The van der Waals surface area contributed by atoms with Crippen LogP contribution < -0.4 is 29.3 Å². The molecule has 1 aromatic heterocycles. The van der Waals surface area contributed by atoms with E-state index < -0.39 is 6.09 Å². The van der Waals surface area contributed by atoms with Crippen molar-refractivity contribution in [1.29, 1.82) is 0 Å². The predicted molar refractivity (Wildman–Crippen MR) is 100 cm³/mol. The number of hydrogen-bond donors (Lipinski definition) is 1. The number of rotatable bonds is 3. The Morgan fingerprint density at radius 1 is 1.31 bits per heavy atom. The molecule has 3 fully saturated rings. The molecule has 0 spiro atoms. The van der Waals surface area contributed by atoms with Crippen LogP contribution in [0.5, 0.6) is 0 Å². The summed E-state index contributed by atoms with van der Waals surface area (Å²) in [5, 5.41) is 3.49. The minimum Gasteiger partial charge on any atom is -1.00 e. The highest BCUT2D eigenvalue weighted by Gasteiger charge is 2.49. The molecular weight excluding hydrogens is 485 g/mol. The van der Waals surface area contributed by atoms with Crippen LogP contribution in [0.25, 0.3) is 10.4 Å². The molecule has 8 heteroatoms. The van der Waals surface area contributed by atoms with Gasteiger partial charge < -0.3 is 33.2 Å². The maximum absolute atomic E-state index is 12.5. The summed E-state index contributed by atoms with van der Waals surface area (Å²) in [6, 6.07) is 7.53. The van der Waals surface area contributed by atoms with Crippen LogP contribution in [0.15, 0.2) is 29.8 Å². The van der Waals surface area contributed by atoms with Gasteiger partial charge in [-0.2, -0.15) is 0 Å². The number of anilines is 1. The van der Waals surface area contributed by atoms with E-state index in [0.29, 0.717) is 10.8 Å². The molecule has 4 heterocycles. The minimum atomic E-state index is -0.410. The summed E-state index contributed by atoms with van der Waals surface area (Å²) >= 11 is 7.54. The SMILES string of the molecule is C[N+]12CCC(OC(=O)Nc3ncsc3-c3cccc(Cl)c3)(CC1)CC2.[I-]. The van der Waals surface area contributed by atoms with Crippen LogP contribution >= 0.6 is 22.9 Å². The van der Waals surface area contributed by atoms with Crippen molar-refractivity contribution in [2.24, 2.45) is 0 Å². The zero-order valence-corrected chi connectivity index (χ0v) is 18.2. The highest BCUT2D eigenvalue weighted by Crippen LogP contribution is 2.39. The number of piperidine rings is 3. The van der Waals surface area contributed by atoms with E-state index in [1.165, 1.54) is 11.3 Å². The monoisotopic (exact) mass is 505 g/mol. The second kappa shape index (κ2) is 7.61. The van der Waals surface area contributed by atoms with E-state index in [1.54, 1.807) is 5.51 Å². The Labute approximate surface area is 179 Å². The Hall–Kier alpha value is -0.900. The van der Waals surface area contributed by atoms with E-state index in [0.717, 1.165) is 53.8 Å². The van der Waals surface area contributed by atoms with Gasteiger partial charge >= 0.3 is 6.09 Å². The zero-order valence-electron chi connectivity index (χ0n) is 14.5. The second-order valence-electron chi connectivity index (χ2n) is 7.28. The third kappa shape index (κ3) is 4.00. The lowest BCUT2D eigenvalue weighted by molar-refractivity contribution is -0.926. The number of nitrogens with zero attached hydrogens (tertiary/aromatic N) is 2. The predicted octanol–water partition coefficient (Wildman–Crippen LogP) is 1.40. The molecule has 2 bridgehead atoms. The largest absolute Gasteiger partial charge is 1.00 e. The van der Waals surface area contributed by atoms with E-state index in [2.05, 4.69) is 17.3 Å². The number of carbonyl (C=O) groups is 1. The van der Waals surface area contributed by atoms with Crippen LogP contribution in [0.3, 0.4) is 0 Å². The Bertz CT molecular complexity index is 789. The summed E-state index contributed by atoms with van der Waals surface area (Å²) in [5.74, 6) is 0.529. The van der Waals surface area contributed by atoms with Gasteiger partial charge in [0.2, 0.25) is 0 Å². The number of carbonyl (C=O) groups excluding carboxylic acids is 1. The lowest BCUT2D eigenvalue weighted by Crippen LogP contribution is -3.00. The molecule has 0 radical (unpaired) electrons. The smallest absolute Gasteiger partial charge is 0.413 e. The molecule has 3 aliphatic rings. The van der Waals surface area contributed by atoms with Crippen LogP contribution in [-0.4, -0.2) is 47.8 Å². The number of nitrogens with one attached hydrogen (secondary N) is 1. The number of thiazole rings is 1. The third-order valence-electron chi connectivity index (χ3n) is 5.51. The van der Waals surface area contributed by atoms with E-state index >= 15 is 0 Å². The molecular formula is C18H21ClIN3O2S. The summed E-state index contributed by atoms with van der Waals surface area (Å²) in [4.78, 5) is 17.7. The van der Waals surface area contributed by atoms with Crippen LogP contribution in [0.4, 0.5) is 10.6 Å². The van der Waals surface area contributed by atoms with Crippen LogP contribution in [-0.2, 0) is 4.74 Å². The van der Waals surface area contributed by atoms with Gasteiger partial charge in [0.1, 0.15) is 5.60 Å². The topological polar surface area (TPSA) is 51.2 Å². The van der Waals surface area contributed by atoms with Crippen molar-refractivity contribution in [3.63, 3.8) is 0 Å². The normalized spacial score (nSPS) is 26.8. The highest BCUT2D eigenvalue weighted by molar-refractivity contribution is 7.13. The molecule has 3 saturated heterocycles. The van der Waals surface area contributed by atoms with E-state index in [-0.39, 0.29) is 29.6 Å². The van der Waals surface area contributed by atoms with Crippen molar-refractivity contribution in [2.75, 3.05) is 32.0 Å². The molecule has 5 nitrogen and oxygen atoms in total. The molecule has 3 aliphatic heterocycles. The van der Waals surface area contributed by atoms with Gasteiger partial charge in [-0.1, -0.05) is 23.7 Å². The Kier molecular flexibility index (Phi) is 5.81. The van der Waals surface area contributed by atoms with Crippen LogP contribution in [0, 0.1) is 0 Å². The lowest BCUT2D eigenvalue weighted by Gasteiger charge is -2.51. The van der Waals surface area contributed by atoms with Gasteiger partial charge in [-0.15, -0.1) is 11.3 Å².